The summed E-state index contributed by atoms with van der Waals surface area (Å²) in [6, 6.07) is 1.69. The van der Waals surface area contributed by atoms with E-state index in [1.165, 1.54) is 83.6 Å². The third-order valence-corrected chi connectivity index (χ3v) is 6.00. The third kappa shape index (κ3) is 3.76. The first-order chi connectivity index (χ1) is 9.95. The zero-order chi connectivity index (χ0) is 13.6. The van der Waals surface area contributed by atoms with Crippen molar-refractivity contribution in [3.05, 3.63) is 0 Å². The second-order valence-electron chi connectivity index (χ2n) is 7.33. The van der Waals surface area contributed by atoms with Gasteiger partial charge in [-0.2, -0.15) is 0 Å². The van der Waals surface area contributed by atoms with Crippen molar-refractivity contribution in [1.82, 2.24) is 10.2 Å². The van der Waals surface area contributed by atoms with Crippen molar-refractivity contribution in [2.24, 2.45) is 5.92 Å². The van der Waals surface area contributed by atoms with E-state index in [1.54, 1.807) is 0 Å². The van der Waals surface area contributed by atoms with E-state index in [0.717, 1.165) is 31.1 Å². The van der Waals surface area contributed by atoms with Gasteiger partial charge in [-0.05, 0) is 31.6 Å². The summed E-state index contributed by atoms with van der Waals surface area (Å²) in [5.74, 6) is 0.949. The Kier molecular flexibility index (Phi) is 5.78. The van der Waals surface area contributed by atoms with Crippen LogP contribution in [0.25, 0.3) is 0 Å². The molecule has 2 nitrogen and oxygen atoms in total. The van der Waals surface area contributed by atoms with Gasteiger partial charge in [-0.25, -0.2) is 5.32 Å². The van der Waals surface area contributed by atoms with Gasteiger partial charge in [0.2, 0.25) is 0 Å². The Morgan fingerprint density at radius 2 is 1.30 bits per heavy atom. The predicted octanol–water partition coefficient (Wildman–Crippen LogP) is 3.97. The number of nitrogens with zero attached hydrogens (tertiary/aromatic N) is 2. The SMILES string of the molecule is C1CCCC(C2C[N]CCN2C2CCCCCC2)CC1. The molecule has 0 N–H and O–H groups in total. The third-order valence-electron chi connectivity index (χ3n) is 6.00. The molecule has 0 aromatic heterocycles. The van der Waals surface area contributed by atoms with Crippen LogP contribution in [0.3, 0.4) is 0 Å². The Bertz CT molecular complexity index is 235. The second-order valence-corrected chi connectivity index (χ2v) is 7.33. The Hall–Kier alpha value is -0.0800. The average Bonchev–Trinajstić information content (AvgIpc) is 2.92. The lowest BCUT2D eigenvalue weighted by Gasteiger charge is -2.44. The molecule has 1 aliphatic heterocycles. The molecular formula is C18H33N2. The van der Waals surface area contributed by atoms with Crippen molar-refractivity contribution in [2.75, 3.05) is 19.6 Å². The van der Waals surface area contributed by atoms with E-state index in [1.807, 2.05) is 0 Å². The minimum absolute atomic E-state index is 0.796. The van der Waals surface area contributed by atoms with Crippen LogP contribution in [-0.2, 0) is 0 Å². The highest BCUT2D eigenvalue weighted by Crippen LogP contribution is 2.32. The first-order valence-electron chi connectivity index (χ1n) is 9.34. The van der Waals surface area contributed by atoms with Gasteiger partial charge < -0.3 is 0 Å². The molecule has 0 amide bonds. The van der Waals surface area contributed by atoms with Crippen LogP contribution < -0.4 is 5.32 Å². The standard InChI is InChI=1S/C18H33N2/c1-2-6-10-16(9-5-1)18-15-19-13-14-20(18)17-11-7-3-4-8-12-17/h16-18H,1-15H2. The van der Waals surface area contributed by atoms with Gasteiger partial charge in [0.15, 0.2) is 0 Å². The lowest BCUT2D eigenvalue weighted by Crippen LogP contribution is -2.56. The summed E-state index contributed by atoms with van der Waals surface area (Å²) in [6.45, 7) is 3.49. The molecule has 2 aliphatic carbocycles. The quantitative estimate of drug-likeness (QED) is 0.698. The minimum atomic E-state index is 0.796. The summed E-state index contributed by atoms with van der Waals surface area (Å²) in [6.07, 6.45) is 17.7. The highest BCUT2D eigenvalue weighted by molar-refractivity contribution is 4.90. The van der Waals surface area contributed by atoms with Crippen molar-refractivity contribution < 1.29 is 0 Å². The highest BCUT2D eigenvalue weighted by Gasteiger charge is 2.34. The molecule has 3 fully saturated rings. The second kappa shape index (κ2) is 7.79. The Labute approximate surface area is 125 Å². The molecule has 0 spiro atoms. The molecule has 1 radical (unpaired) electrons. The first kappa shape index (κ1) is 14.8. The maximum absolute atomic E-state index is 4.79. The molecule has 20 heavy (non-hydrogen) atoms. The maximum atomic E-state index is 4.79. The zero-order valence-electron chi connectivity index (χ0n) is 13.2. The molecule has 0 bridgehead atoms. The molecule has 1 saturated heterocycles. The molecule has 115 valence electrons. The van der Waals surface area contributed by atoms with E-state index in [4.69, 9.17) is 5.32 Å². The number of hydrogen-bond acceptors (Lipinski definition) is 1. The zero-order valence-corrected chi connectivity index (χ0v) is 13.2. The smallest absolute Gasteiger partial charge is 0.0293 e. The van der Waals surface area contributed by atoms with Gasteiger partial charge in [0.05, 0.1) is 0 Å². The number of hydrogen-bond donors (Lipinski definition) is 0. The molecule has 1 unspecified atom stereocenters. The van der Waals surface area contributed by atoms with E-state index >= 15 is 0 Å². The number of piperazine rings is 1. The fourth-order valence-electron chi connectivity index (χ4n) is 4.84. The Morgan fingerprint density at radius 3 is 1.95 bits per heavy atom. The average molecular weight is 277 g/mol. The summed E-state index contributed by atoms with van der Waals surface area (Å²) in [5.41, 5.74) is 0. The maximum Gasteiger partial charge on any atom is 0.0293 e. The van der Waals surface area contributed by atoms with Gasteiger partial charge in [0, 0.05) is 31.7 Å². The van der Waals surface area contributed by atoms with E-state index in [9.17, 15) is 0 Å². The van der Waals surface area contributed by atoms with E-state index < -0.39 is 0 Å². The lowest BCUT2D eigenvalue weighted by atomic mass is 9.87. The molecule has 0 aromatic carbocycles. The Balaban J connectivity index is 1.65. The molecule has 0 aromatic rings. The molecule has 3 rings (SSSR count). The first-order valence-corrected chi connectivity index (χ1v) is 9.34. The molecule has 3 aliphatic rings. The summed E-state index contributed by atoms with van der Waals surface area (Å²) >= 11 is 0. The van der Waals surface area contributed by atoms with Crippen molar-refractivity contribution in [2.45, 2.75) is 89.1 Å². The monoisotopic (exact) mass is 277 g/mol. The van der Waals surface area contributed by atoms with Crippen molar-refractivity contribution >= 4 is 0 Å². The van der Waals surface area contributed by atoms with Crippen LogP contribution in [0, 0.1) is 5.92 Å². The fraction of sp³-hybridized carbons (Fsp3) is 1.00. The lowest BCUT2D eigenvalue weighted by molar-refractivity contribution is 0.0530. The highest BCUT2D eigenvalue weighted by atomic mass is 15.2. The van der Waals surface area contributed by atoms with Crippen LogP contribution in [0.5, 0.6) is 0 Å². The summed E-state index contributed by atoms with van der Waals surface area (Å²) in [4.78, 5) is 2.92. The Morgan fingerprint density at radius 1 is 0.700 bits per heavy atom. The molecular weight excluding hydrogens is 244 g/mol. The molecule has 2 heteroatoms. The van der Waals surface area contributed by atoms with Gasteiger partial charge in [-0.15, -0.1) is 0 Å². The number of rotatable bonds is 2. The van der Waals surface area contributed by atoms with Crippen LogP contribution in [0.2, 0.25) is 0 Å². The minimum Gasteiger partial charge on any atom is -0.295 e. The molecule has 1 atom stereocenters. The van der Waals surface area contributed by atoms with Gasteiger partial charge >= 0.3 is 0 Å². The molecule has 1 heterocycles. The van der Waals surface area contributed by atoms with Crippen LogP contribution in [0.15, 0.2) is 0 Å². The van der Waals surface area contributed by atoms with Crippen LogP contribution in [0.4, 0.5) is 0 Å². The normalized spacial score (nSPS) is 32.7. The van der Waals surface area contributed by atoms with Crippen LogP contribution in [0.1, 0.15) is 77.0 Å². The van der Waals surface area contributed by atoms with Gasteiger partial charge in [0.1, 0.15) is 0 Å². The van der Waals surface area contributed by atoms with Gasteiger partial charge in [0.25, 0.3) is 0 Å². The van der Waals surface area contributed by atoms with Crippen molar-refractivity contribution in [1.29, 1.82) is 0 Å². The largest absolute Gasteiger partial charge is 0.295 e. The van der Waals surface area contributed by atoms with E-state index in [2.05, 4.69) is 4.90 Å². The van der Waals surface area contributed by atoms with Crippen LogP contribution in [-0.4, -0.2) is 36.6 Å². The van der Waals surface area contributed by atoms with Gasteiger partial charge in [-0.3, -0.25) is 4.90 Å². The van der Waals surface area contributed by atoms with Crippen molar-refractivity contribution in [3.8, 4) is 0 Å². The topological polar surface area (TPSA) is 17.3 Å². The molecule has 2 saturated carbocycles. The summed E-state index contributed by atoms with van der Waals surface area (Å²) in [5, 5.41) is 4.79. The predicted molar refractivity (Wildman–Crippen MR) is 85.0 cm³/mol. The van der Waals surface area contributed by atoms with Gasteiger partial charge in [-0.1, -0.05) is 51.4 Å². The van der Waals surface area contributed by atoms with E-state index in [0.29, 0.717) is 0 Å². The van der Waals surface area contributed by atoms with Crippen molar-refractivity contribution in [3.63, 3.8) is 0 Å². The summed E-state index contributed by atoms with van der Waals surface area (Å²) in [7, 11) is 0. The van der Waals surface area contributed by atoms with E-state index in [-0.39, 0.29) is 0 Å². The van der Waals surface area contributed by atoms with Crippen LogP contribution >= 0.6 is 0 Å². The summed E-state index contributed by atoms with van der Waals surface area (Å²) < 4.78 is 0. The fourth-order valence-corrected chi connectivity index (χ4v) is 4.84.